The number of nitrogen functional groups attached to an aromatic ring is 1. The van der Waals surface area contributed by atoms with Crippen LogP contribution in [0.5, 0.6) is 0 Å². The van der Waals surface area contributed by atoms with Crippen LogP contribution in [0.2, 0.25) is 0 Å². The predicted molar refractivity (Wildman–Crippen MR) is 69.4 cm³/mol. The van der Waals surface area contributed by atoms with Gasteiger partial charge in [-0.1, -0.05) is 12.1 Å². The minimum absolute atomic E-state index is 0.305. The summed E-state index contributed by atoms with van der Waals surface area (Å²) < 4.78 is 0. The average Bonchev–Trinajstić information content (AvgIpc) is 2.32. The zero-order valence-electron chi connectivity index (χ0n) is 10.1. The maximum atomic E-state index is 5.58. The number of hydrogen-bond acceptors (Lipinski definition) is 4. The van der Waals surface area contributed by atoms with Gasteiger partial charge in [-0.2, -0.15) is 0 Å². The van der Waals surface area contributed by atoms with Crippen LogP contribution in [0, 0.1) is 6.92 Å². The molecule has 0 atom stereocenters. The van der Waals surface area contributed by atoms with Crippen molar-refractivity contribution in [2.75, 3.05) is 12.8 Å². The second kappa shape index (κ2) is 4.93. The molecule has 2 aromatic rings. The van der Waals surface area contributed by atoms with E-state index in [2.05, 4.69) is 40.4 Å². The molecule has 0 fully saturated rings. The highest BCUT2D eigenvalue weighted by atomic mass is 15.0. The Morgan fingerprint density at radius 1 is 1.29 bits per heavy atom. The Bertz CT molecular complexity index is 523. The quantitative estimate of drug-likeness (QED) is 0.840. The summed E-state index contributed by atoms with van der Waals surface area (Å²) in [6.45, 7) is 2.97. The fourth-order valence-electron chi connectivity index (χ4n) is 1.78. The molecule has 0 spiro atoms. The van der Waals surface area contributed by atoms with Gasteiger partial charge in [-0.05, 0) is 37.2 Å². The molecule has 0 bridgehead atoms. The fourth-order valence-corrected chi connectivity index (χ4v) is 1.78. The smallest absolute Gasteiger partial charge is 0.220 e. The van der Waals surface area contributed by atoms with Crippen LogP contribution in [0.4, 0.5) is 5.95 Å². The van der Waals surface area contributed by atoms with Crippen molar-refractivity contribution in [3.8, 4) is 11.3 Å². The molecule has 0 aliphatic rings. The summed E-state index contributed by atoms with van der Waals surface area (Å²) >= 11 is 0. The van der Waals surface area contributed by atoms with E-state index in [9.17, 15) is 0 Å². The van der Waals surface area contributed by atoms with Gasteiger partial charge in [-0.25, -0.2) is 9.97 Å². The number of rotatable bonds is 3. The van der Waals surface area contributed by atoms with Gasteiger partial charge in [0.15, 0.2) is 0 Å². The summed E-state index contributed by atoms with van der Waals surface area (Å²) in [6, 6.07) is 8.15. The van der Waals surface area contributed by atoms with Gasteiger partial charge in [0.2, 0.25) is 5.95 Å². The lowest BCUT2D eigenvalue weighted by atomic mass is 10.0. The van der Waals surface area contributed by atoms with Gasteiger partial charge < -0.3 is 11.1 Å². The number of hydrogen-bond donors (Lipinski definition) is 2. The Balaban J connectivity index is 2.37. The number of anilines is 1. The largest absolute Gasteiger partial charge is 0.368 e. The van der Waals surface area contributed by atoms with Crippen molar-refractivity contribution in [2.45, 2.75) is 13.5 Å². The average molecular weight is 228 g/mol. The maximum Gasteiger partial charge on any atom is 0.220 e. The van der Waals surface area contributed by atoms with Crippen LogP contribution in [0.25, 0.3) is 11.3 Å². The molecule has 0 amide bonds. The summed E-state index contributed by atoms with van der Waals surface area (Å²) in [5.74, 6) is 0.305. The standard InChI is InChI=1S/C13H16N4/c1-9-7-10(3-4-11(9)8-15-2)12-5-6-16-13(14)17-12/h3-7,15H,8H2,1-2H3,(H2,14,16,17). The van der Waals surface area contributed by atoms with E-state index in [1.54, 1.807) is 6.20 Å². The first kappa shape index (κ1) is 11.5. The van der Waals surface area contributed by atoms with Crippen LogP contribution < -0.4 is 11.1 Å². The highest BCUT2D eigenvalue weighted by molar-refractivity contribution is 5.61. The Morgan fingerprint density at radius 2 is 2.12 bits per heavy atom. The third-order valence-corrected chi connectivity index (χ3v) is 2.68. The zero-order valence-corrected chi connectivity index (χ0v) is 10.1. The Morgan fingerprint density at radius 3 is 2.76 bits per heavy atom. The van der Waals surface area contributed by atoms with Gasteiger partial charge in [0.25, 0.3) is 0 Å². The van der Waals surface area contributed by atoms with Gasteiger partial charge in [0.1, 0.15) is 0 Å². The molecule has 0 aliphatic heterocycles. The third-order valence-electron chi connectivity index (χ3n) is 2.68. The second-order valence-corrected chi connectivity index (χ2v) is 3.97. The Labute approximate surface area is 101 Å². The summed E-state index contributed by atoms with van der Waals surface area (Å²) in [6.07, 6.45) is 1.68. The van der Waals surface area contributed by atoms with E-state index in [-0.39, 0.29) is 0 Å². The summed E-state index contributed by atoms with van der Waals surface area (Å²) in [7, 11) is 1.94. The lowest BCUT2D eigenvalue weighted by Gasteiger charge is -2.08. The second-order valence-electron chi connectivity index (χ2n) is 3.97. The molecule has 3 N–H and O–H groups in total. The van der Waals surface area contributed by atoms with Crippen LogP contribution >= 0.6 is 0 Å². The van der Waals surface area contributed by atoms with E-state index in [0.29, 0.717) is 5.95 Å². The molecule has 4 nitrogen and oxygen atoms in total. The highest BCUT2D eigenvalue weighted by Crippen LogP contribution is 2.20. The monoisotopic (exact) mass is 228 g/mol. The van der Waals surface area contributed by atoms with Gasteiger partial charge in [-0.3, -0.25) is 0 Å². The van der Waals surface area contributed by atoms with Gasteiger partial charge in [0, 0.05) is 18.3 Å². The SMILES string of the molecule is CNCc1ccc(-c2ccnc(N)n2)cc1C. The predicted octanol–water partition coefficient (Wildman–Crippen LogP) is 1.75. The molecule has 4 heteroatoms. The molecule has 1 aromatic heterocycles. The number of aryl methyl sites for hydroxylation is 1. The fraction of sp³-hybridized carbons (Fsp3) is 0.231. The molecule has 1 aromatic carbocycles. The lowest BCUT2D eigenvalue weighted by molar-refractivity contribution is 0.812. The molecule has 88 valence electrons. The van der Waals surface area contributed by atoms with Crippen LogP contribution in [0.3, 0.4) is 0 Å². The van der Waals surface area contributed by atoms with Crippen molar-refractivity contribution in [1.29, 1.82) is 0 Å². The Hall–Kier alpha value is -1.94. The van der Waals surface area contributed by atoms with Crippen molar-refractivity contribution >= 4 is 5.95 Å². The highest BCUT2D eigenvalue weighted by Gasteiger charge is 2.03. The maximum absolute atomic E-state index is 5.58. The van der Waals surface area contributed by atoms with Gasteiger partial charge in [0.05, 0.1) is 5.69 Å². The number of nitrogens with two attached hydrogens (primary N) is 1. The molecule has 1 heterocycles. The number of nitrogens with zero attached hydrogens (tertiary/aromatic N) is 2. The topological polar surface area (TPSA) is 63.8 Å². The van der Waals surface area contributed by atoms with E-state index >= 15 is 0 Å². The zero-order chi connectivity index (χ0) is 12.3. The van der Waals surface area contributed by atoms with Crippen LogP contribution in [0.15, 0.2) is 30.5 Å². The molecular formula is C13H16N4. The van der Waals surface area contributed by atoms with Crippen LogP contribution in [-0.2, 0) is 6.54 Å². The van der Waals surface area contributed by atoms with E-state index in [0.717, 1.165) is 17.8 Å². The minimum Gasteiger partial charge on any atom is -0.368 e. The summed E-state index contributed by atoms with van der Waals surface area (Å²) in [5, 5.41) is 3.15. The Kier molecular flexibility index (Phi) is 3.35. The van der Waals surface area contributed by atoms with E-state index in [1.165, 1.54) is 11.1 Å². The van der Waals surface area contributed by atoms with Crippen molar-refractivity contribution in [2.24, 2.45) is 0 Å². The van der Waals surface area contributed by atoms with Crippen molar-refractivity contribution < 1.29 is 0 Å². The van der Waals surface area contributed by atoms with Crippen LogP contribution in [0.1, 0.15) is 11.1 Å². The van der Waals surface area contributed by atoms with E-state index < -0.39 is 0 Å². The third kappa shape index (κ3) is 2.60. The van der Waals surface area contributed by atoms with E-state index in [1.807, 2.05) is 13.1 Å². The van der Waals surface area contributed by atoms with Crippen molar-refractivity contribution in [3.05, 3.63) is 41.6 Å². The summed E-state index contributed by atoms with van der Waals surface area (Å²) in [4.78, 5) is 8.10. The van der Waals surface area contributed by atoms with Crippen LogP contribution in [-0.4, -0.2) is 17.0 Å². The normalized spacial score (nSPS) is 10.5. The molecule has 2 rings (SSSR count). The van der Waals surface area contributed by atoms with Crippen molar-refractivity contribution in [3.63, 3.8) is 0 Å². The van der Waals surface area contributed by atoms with Gasteiger partial charge in [-0.15, -0.1) is 0 Å². The number of benzene rings is 1. The lowest BCUT2D eigenvalue weighted by Crippen LogP contribution is -2.06. The first-order valence-corrected chi connectivity index (χ1v) is 5.53. The van der Waals surface area contributed by atoms with Crippen molar-refractivity contribution in [1.82, 2.24) is 15.3 Å². The molecule has 17 heavy (non-hydrogen) atoms. The molecule has 0 unspecified atom stereocenters. The minimum atomic E-state index is 0.305. The molecule has 0 aliphatic carbocycles. The first-order valence-electron chi connectivity index (χ1n) is 5.53. The number of nitrogens with one attached hydrogen (secondary N) is 1. The van der Waals surface area contributed by atoms with Gasteiger partial charge >= 0.3 is 0 Å². The molecule has 0 saturated heterocycles. The first-order chi connectivity index (χ1) is 8.20. The van der Waals surface area contributed by atoms with E-state index in [4.69, 9.17) is 5.73 Å². The molecular weight excluding hydrogens is 212 g/mol. The molecule has 0 saturated carbocycles. The molecule has 0 radical (unpaired) electrons. The number of aromatic nitrogens is 2. The summed E-state index contributed by atoms with van der Waals surface area (Å²) in [5.41, 5.74) is 10.0.